The number of furan rings is 1. The van der Waals surface area contributed by atoms with E-state index in [1.54, 1.807) is 6.26 Å². The predicted octanol–water partition coefficient (Wildman–Crippen LogP) is 2.29. The molecular weight excluding hydrogens is 280 g/mol. The molecule has 2 heterocycles. The van der Waals surface area contributed by atoms with Gasteiger partial charge in [0, 0.05) is 37.4 Å². The summed E-state index contributed by atoms with van der Waals surface area (Å²) in [6.45, 7) is 3.45. The standard InChI is InChI=1S/C17H24N2O3/c1-2-5-16(20)18-12-6-3-8-19(11-12)17(21)14-10-13(14)15-7-4-9-22-15/h4,7,9,12-14H,2-3,5-6,8,10-11H2,1H3,(H,18,20)/t12-,13-,14+/m1/s1. The van der Waals surface area contributed by atoms with Gasteiger partial charge in [-0.05, 0) is 37.8 Å². The fourth-order valence-corrected chi connectivity index (χ4v) is 3.34. The van der Waals surface area contributed by atoms with Gasteiger partial charge in [-0.1, -0.05) is 6.92 Å². The second kappa shape index (κ2) is 6.55. The zero-order valence-corrected chi connectivity index (χ0v) is 13.1. The van der Waals surface area contributed by atoms with Crippen molar-refractivity contribution in [1.82, 2.24) is 10.2 Å². The molecule has 0 spiro atoms. The van der Waals surface area contributed by atoms with Gasteiger partial charge in [0.2, 0.25) is 11.8 Å². The van der Waals surface area contributed by atoms with E-state index in [4.69, 9.17) is 4.42 Å². The molecule has 1 N–H and O–H groups in total. The molecule has 1 aliphatic heterocycles. The summed E-state index contributed by atoms with van der Waals surface area (Å²) in [7, 11) is 0. The smallest absolute Gasteiger partial charge is 0.226 e. The lowest BCUT2D eigenvalue weighted by Gasteiger charge is -2.33. The van der Waals surface area contributed by atoms with E-state index >= 15 is 0 Å². The monoisotopic (exact) mass is 304 g/mol. The highest BCUT2D eigenvalue weighted by molar-refractivity contribution is 5.83. The molecule has 2 amide bonds. The van der Waals surface area contributed by atoms with Gasteiger partial charge >= 0.3 is 0 Å². The minimum atomic E-state index is 0.0660. The largest absolute Gasteiger partial charge is 0.469 e. The maximum Gasteiger partial charge on any atom is 0.226 e. The molecule has 1 aliphatic carbocycles. The minimum absolute atomic E-state index is 0.0660. The van der Waals surface area contributed by atoms with E-state index in [9.17, 15) is 9.59 Å². The van der Waals surface area contributed by atoms with Gasteiger partial charge in [-0.3, -0.25) is 9.59 Å². The predicted molar refractivity (Wildman–Crippen MR) is 82.2 cm³/mol. The Kier molecular flexibility index (Phi) is 4.50. The molecule has 1 aromatic heterocycles. The van der Waals surface area contributed by atoms with Crippen LogP contribution in [0.1, 0.15) is 50.7 Å². The first kappa shape index (κ1) is 15.1. The van der Waals surface area contributed by atoms with Gasteiger partial charge in [0.15, 0.2) is 0 Å². The second-order valence-electron chi connectivity index (χ2n) is 6.41. The number of hydrogen-bond acceptors (Lipinski definition) is 3. The first-order chi connectivity index (χ1) is 10.7. The van der Waals surface area contributed by atoms with Crippen LogP contribution in [0.25, 0.3) is 0 Å². The average Bonchev–Trinajstić information content (AvgIpc) is 3.12. The maximum atomic E-state index is 12.6. The summed E-state index contributed by atoms with van der Waals surface area (Å²) >= 11 is 0. The number of amides is 2. The van der Waals surface area contributed by atoms with Crippen molar-refractivity contribution in [3.63, 3.8) is 0 Å². The number of rotatable bonds is 5. The number of likely N-dealkylation sites (tertiary alicyclic amines) is 1. The normalized spacial score (nSPS) is 27.5. The highest BCUT2D eigenvalue weighted by Crippen LogP contribution is 2.48. The molecule has 3 atom stereocenters. The molecule has 0 aromatic carbocycles. The van der Waals surface area contributed by atoms with E-state index < -0.39 is 0 Å². The van der Waals surface area contributed by atoms with E-state index in [1.807, 2.05) is 24.0 Å². The molecule has 3 rings (SSSR count). The molecule has 22 heavy (non-hydrogen) atoms. The van der Waals surface area contributed by atoms with Crippen molar-refractivity contribution in [2.45, 2.75) is 51.0 Å². The molecule has 1 saturated carbocycles. The van der Waals surface area contributed by atoms with Gasteiger partial charge in [-0.25, -0.2) is 0 Å². The van der Waals surface area contributed by atoms with Gasteiger partial charge < -0.3 is 14.6 Å². The lowest BCUT2D eigenvalue weighted by atomic mass is 10.0. The first-order valence-electron chi connectivity index (χ1n) is 8.30. The van der Waals surface area contributed by atoms with Crippen molar-refractivity contribution in [2.24, 2.45) is 5.92 Å². The van der Waals surface area contributed by atoms with Crippen molar-refractivity contribution in [2.75, 3.05) is 13.1 Å². The van der Waals surface area contributed by atoms with Crippen molar-refractivity contribution < 1.29 is 14.0 Å². The number of piperidine rings is 1. The van der Waals surface area contributed by atoms with Crippen LogP contribution in [0.4, 0.5) is 0 Å². The highest BCUT2D eigenvalue weighted by atomic mass is 16.3. The summed E-state index contributed by atoms with van der Waals surface area (Å²) in [5.41, 5.74) is 0. The average molecular weight is 304 g/mol. The summed E-state index contributed by atoms with van der Waals surface area (Å²) in [5, 5.41) is 3.05. The van der Waals surface area contributed by atoms with Crippen LogP contribution < -0.4 is 5.32 Å². The van der Waals surface area contributed by atoms with Crippen LogP contribution >= 0.6 is 0 Å². The third-order valence-corrected chi connectivity index (χ3v) is 4.59. The topological polar surface area (TPSA) is 62.6 Å². The minimum Gasteiger partial charge on any atom is -0.469 e. The quantitative estimate of drug-likeness (QED) is 0.908. The van der Waals surface area contributed by atoms with Gasteiger partial charge in [0.05, 0.1) is 6.26 Å². The summed E-state index contributed by atoms with van der Waals surface area (Å²) in [6, 6.07) is 3.93. The second-order valence-corrected chi connectivity index (χ2v) is 6.41. The fraction of sp³-hybridized carbons (Fsp3) is 0.647. The van der Waals surface area contributed by atoms with Gasteiger partial charge in [0.25, 0.3) is 0 Å². The van der Waals surface area contributed by atoms with Gasteiger partial charge in [-0.2, -0.15) is 0 Å². The van der Waals surface area contributed by atoms with Crippen LogP contribution in [0.15, 0.2) is 22.8 Å². The molecule has 0 unspecified atom stereocenters. The Bertz CT molecular complexity index is 526. The van der Waals surface area contributed by atoms with E-state index in [1.165, 1.54) is 0 Å². The molecular formula is C17H24N2O3. The Balaban J connectivity index is 1.52. The Morgan fingerprint density at radius 2 is 2.32 bits per heavy atom. The molecule has 5 nitrogen and oxygen atoms in total. The molecule has 0 radical (unpaired) electrons. The molecule has 0 bridgehead atoms. The van der Waals surface area contributed by atoms with E-state index in [0.717, 1.165) is 38.0 Å². The zero-order valence-electron chi connectivity index (χ0n) is 13.1. The van der Waals surface area contributed by atoms with Crippen LogP contribution in [-0.2, 0) is 9.59 Å². The number of nitrogens with zero attached hydrogens (tertiary/aromatic N) is 1. The summed E-state index contributed by atoms with van der Waals surface area (Å²) in [6.07, 6.45) is 5.89. The number of hydrogen-bond donors (Lipinski definition) is 1. The molecule has 1 aromatic rings. The Labute approximate surface area is 131 Å². The number of carbonyl (C=O) groups is 2. The molecule has 1 saturated heterocycles. The van der Waals surface area contributed by atoms with Crippen molar-refractivity contribution in [3.05, 3.63) is 24.2 Å². The SMILES string of the molecule is CCCC(=O)N[C@@H]1CCCN(C(=O)[C@H]2C[C@H]2c2ccco2)C1. The molecule has 5 heteroatoms. The fourth-order valence-electron chi connectivity index (χ4n) is 3.34. The van der Waals surface area contributed by atoms with Gasteiger partial charge in [0.1, 0.15) is 5.76 Å². The van der Waals surface area contributed by atoms with Crippen LogP contribution in [0.2, 0.25) is 0 Å². The van der Waals surface area contributed by atoms with Crippen LogP contribution in [0.3, 0.4) is 0 Å². The molecule has 120 valence electrons. The Morgan fingerprint density at radius 3 is 3.05 bits per heavy atom. The third-order valence-electron chi connectivity index (χ3n) is 4.59. The van der Waals surface area contributed by atoms with Crippen LogP contribution in [0.5, 0.6) is 0 Å². The lowest BCUT2D eigenvalue weighted by Crippen LogP contribution is -2.50. The van der Waals surface area contributed by atoms with Gasteiger partial charge in [-0.15, -0.1) is 0 Å². The van der Waals surface area contributed by atoms with Crippen molar-refractivity contribution in [1.29, 1.82) is 0 Å². The number of carbonyl (C=O) groups excluding carboxylic acids is 2. The third kappa shape index (κ3) is 3.34. The van der Waals surface area contributed by atoms with Crippen LogP contribution in [0, 0.1) is 5.92 Å². The van der Waals surface area contributed by atoms with E-state index in [-0.39, 0.29) is 29.7 Å². The zero-order chi connectivity index (χ0) is 15.5. The van der Waals surface area contributed by atoms with Crippen molar-refractivity contribution in [3.8, 4) is 0 Å². The number of nitrogens with one attached hydrogen (secondary N) is 1. The van der Waals surface area contributed by atoms with Crippen LogP contribution in [-0.4, -0.2) is 35.8 Å². The summed E-state index contributed by atoms with van der Waals surface area (Å²) < 4.78 is 5.40. The molecule has 2 aliphatic rings. The molecule has 2 fully saturated rings. The van der Waals surface area contributed by atoms with E-state index in [2.05, 4.69) is 5.32 Å². The Hall–Kier alpha value is -1.78. The first-order valence-corrected chi connectivity index (χ1v) is 8.30. The Morgan fingerprint density at radius 1 is 1.45 bits per heavy atom. The van der Waals surface area contributed by atoms with E-state index in [0.29, 0.717) is 13.0 Å². The summed E-state index contributed by atoms with van der Waals surface area (Å²) in [5.74, 6) is 1.55. The lowest BCUT2D eigenvalue weighted by molar-refractivity contribution is -0.135. The highest BCUT2D eigenvalue weighted by Gasteiger charge is 2.48. The maximum absolute atomic E-state index is 12.6. The summed E-state index contributed by atoms with van der Waals surface area (Å²) in [4.78, 5) is 26.2. The van der Waals surface area contributed by atoms with Crippen molar-refractivity contribution >= 4 is 11.8 Å².